The topological polar surface area (TPSA) is 121 Å². The number of carboxylic acid groups (broad SMARTS) is 1. The van der Waals surface area contributed by atoms with Crippen LogP contribution in [0.3, 0.4) is 0 Å². The number of aromatic nitrogens is 1. The largest absolute Gasteiger partial charge is 0.478 e. The smallest absolute Gasteiger partial charge is 0.381 e. The van der Waals surface area contributed by atoms with Gasteiger partial charge in [0.05, 0.1) is 17.5 Å². The van der Waals surface area contributed by atoms with E-state index in [4.69, 9.17) is 5.10 Å². The molecule has 1 aliphatic carbocycles. The summed E-state index contributed by atoms with van der Waals surface area (Å²) in [5, 5.41) is 20.4. The summed E-state index contributed by atoms with van der Waals surface area (Å²) in [5.74, 6) is -0.930. The van der Waals surface area contributed by atoms with Gasteiger partial charge >= 0.3 is 11.9 Å². The van der Waals surface area contributed by atoms with Crippen LogP contribution in [0.5, 0.6) is 0 Å². The number of benzene rings is 1. The third kappa shape index (κ3) is 4.06. The average molecular weight is 517 g/mol. The third-order valence-electron chi connectivity index (χ3n) is 8.10. The predicted molar refractivity (Wildman–Crippen MR) is 145 cm³/mol. The zero-order valence-electron chi connectivity index (χ0n) is 22.3. The van der Waals surface area contributed by atoms with Gasteiger partial charge in [-0.05, 0) is 82.8 Å². The van der Waals surface area contributed by atoms with Gasteiger partial charge in [-0.1, -0.05) is 21.8 Å². The first-order valence-electron chi connectivity index (χ1n) is 13.0. The number of anilines is 1. The Morgan fingerprint density at radius 2 is 1.74 bits per heavy atom. The number of pyridine rings is 1. The van der Waals surface area contributed by atoms with Crippen LogP contribution in [0.4, 0.5) is 5.82 Å². The minimum Gasteiger partial charge on any atom is -0.478 e. The monoisotopic (exact) mass is 516 g/mol. The molecule has 0 bridgehead atoms. The molecule has 5 rings (SSSR count). The van der Waals surface area contributed by atoms with Gasteiger partial charge in [0, 0.05) is 24.6 Å². The van der Waals surface area contributed by atoms with Crippen molar-refractivity contribution in [3.8, 4) is 11.3 Å². The number of carbonyl (C=O) groups excluding carboxylic acids is 2. The summed E-state index contributed by atoms with van der Waals surface area (Å²) in [7, 11) is 1.70. The first-order valence-corrected chi connectivity index (χ1v) is 13.0. The second-order valence-electron chi connectivity index (χ2n) is 11.5. The van der Waals surface area contributed by atoms with Crippen molar-refractivity contribution in [3.05, 3.63) is 58.8 Å². The minimum absolute atomic E-state index is 0.00281. The van der Waals surface area contributed by atoms with E-state index in [1.54, 1.807) is 37.5 Å². The SMILES string of the molecule is CNc1nc(-c2ccc(C(=O)O)cc2)ccc1C(=O)[N+]1(C(C)(C)C)N=CC2=C1C(=O)CC1(CCNCC1)C2. The molecule has 9 nitrogen and oxygen atoms in total. The van der Waals surface area contributed by atoms with E-state index < -0.39 is 16.1 Å². The maximum absolute atomic E-state index is 14.4. The van der Waals surface area contributed by atoms with Crippen molar-refractivity contribution in [1.82, 2.24) is 10.3 Å². The highest BCUT2D eigenvalue weighted by Gasteiger charge is 2.61. The van der Waals surface area contributed by atoms with Gasteiger partial charge in [0.1, 0.15) is 16.9 Å². The molecule has 1 aromatic carbocycles. The summed E-state index contributed by atoms with van der Waals surface area (Å²) in [6.45, 7) is 7.60. The summed E-state index contributed by atoms with van der Waals surface area (Å²) < 4.78 is -0.418. The van der Waals surface area contributed by atoms with Crippen LogP contribution in [0, 0.1) is 5.41 Å². The van der Waals surface area contributed by atoms with Gasteiger partial charge in [-0.25, -0.2) is 14.6 Å². The fourth-order valence-electron chi connectivity index (χ4n) is 6.08. The normalized spacial score (nSPS) is 22.5. The number of quaternary nitrogens is 1. The van der Waals surface area contributed by atoms with Crippen LogP contribution in [0.25, 0.3) is 11.3 Å². The summed E-state index contributed by atoms with van der Waals surface area (Å²) in [5.41, 5.74) is 2.43. The van der Waals surface area contributed by atoms with E-state index in [1.165, 1.54) is 12.1 Å². The predicted octanol–water partition coefficient (Wildman–Crippen LogP) is 4.23. The van der Waals surface area contributed by atoms with Gasteiger partial charge in [0.2, 0.25) is 11.5 Å². The number of amides is 1. The van der Waals surface area contributed by atoms with Gasteiger partial charge in [0.25, 0.3) is 0 Å². The molecule has 3 heterocycles. The second kappa shape index (κ2) is 9.25. The molecule has 3 aliphatic rings. The summed E-state index contributed by atoms with van der Waals surface area (Å²) in [6.07, 6.45) is 4.82. The molecule has 0 saturated carbocycles. The van der Waals surface area contributed by atoms with E-state index in [9.17, 15) is 19.5 Å². The molecule has 1 amide bonds. The molecular weight excluding hydrogens is 482 g/mol. The van der Waals surface area contributed by atoms with Gasteiger partial charge in [-0.15, -0.1) is 0 Å². The summed E-state index contributed by atoms with van der Waals surface area (Å²) in [4.78, 5) is 44.2. The maximum Gasteiger partial charge on any atom is 0.381 e. The quantitative estimate of drug-likeness (QED) is 0.520. The third-order valence-corrected chi connectivity index (χ3v) is 8.10. The summed E-state index contributed by atoms with van der Waals surface area (Å²) in [6, 6.07) is 9.88. The number of ketones is 1. The lowest BCUT2D eigenvalue weighted by atomic mass is 9.67. The highest BCUT2D eigenvalue weighted by molar-refractivity contribution is 6.07. The second-order valence-corrected chi connectivity index (χ2v) is 11.5. The average Bonchev–Trinajstić information content (AvgIpc) is 3.29. The minimum atomic E-state index is -0.999. The first kappa shape index (κ1) is 25.9. The Kier molecular flexibility index (Phi) is 6.31. The number of piperidine rings is 1. The fraction of sp³-hybridized carbons (Fsp3) is 0.414. The molecule has 1 fully saturated rings. The molecule has 3 N–H and O–H groups in total. The Bertz CT molecular complexity index is 1380. The van der Waals surface area contributed by atoms with Crippen LogP contribution in [0.2, 0.25) is 0 Å². The Morgan fingerprint density at radius 1 is 1.05 bits per heavy atom. The van der Waals surface area contributed by atoms with Crippen LogP contribution in [-0.4, -0.2) is 64.2 Å². The maximum atomic E-state index is 14.4. The Labute approximate surface area is 222 Å². The van der Waals surface area contributed by atoms with Crippen LogP contribution >= 0.6 is 0 Å². The molecule has 1 spiro atoms. The number of nitrogens with one attached hydrogen (secondary N) is 2. The van der Waals surface area contributed by atoms with Crippen LogP contribution < -0.4 is 10.6 Å². The Hall–Kier alpha value is -3.69. The lowest BCUT2D eigenvalue weighted by Gasteiger charge is -2.43. The van der Waals surface area contributed by atoms with E-state index in [0.29, 0.717) is 29.2 Å². The van der Waals surface area contributed by atoms with Gasteiger partial charge in [0.15, 0.2) is 0 Å². The first-order chi connectivity index (χ1) is 18.0. The zero-order chi connectivity index (χ0) is 27.3. The molecule has 38 heavy (non-hydrogen) atoms. The number of allylic oxidation sites excluding steroid dienone is 2. The number of Topliss-reactive ketones (excluding diaryl/α,β-unsaturated/α-hetero) is 1. The fourth-order valence-corrected chi connectivity index (χ4v) is 6.08. The molecule has 2 aliphatic heterocycles. The van der Waals surface area contributed by atoms with Crippen LogP contribution in [0.15, 0.2) is 52.8 Å². The van der Waals surface area contributed by atoms with Crippen LogP contribution in [0.1, 0.15) is 67.2 Å². The van der Waals surface area contributed by atoms with Crippen molar-refractivity contribution in [1.29, 1.82) is 0 Å². The van der Waals surface area contributed by atoms with E-state index in [1.807, 2.05) is 20.8 Å². The number of hydrogen-bond acceptors (Lipinski definition) is 7. The highest BCUT2D eigenvalue weighted by atomic mass is 16.4. The Balaban J connectivity index is 1.56. The van der Waals surface area contributed by atoms with Crippen molar-refractivity contribution in [3.63, 3.8) is 0 Å². The standard InChI is InChI=1S/C29H33N5O4/c1-28(2,3)34(24-20(17-32-34)15-29(16-23(24)35)11-13-31-14-12-29)26(36)21-9-10-22(33-25(21)30-4)18-5-7-19(8-6-18)27(37)38/h5-10,17,31H,11-16H2,1-4H3,(H-,30,33,36,37,38)/p+1. The molecule has 198 valence electrons. The number of rotatable bonds is 4. The highest BCUT2D eigenvalue weighted by Crippen LogP contribution is 2.50. The van der Waals surface area contributed by atoms with E-state index in [0.717, 1.165) is 43.5 Å². The van der Waals surface area contributed by atoms with Crippen molar-refractivity contribution < 1.29 is 24.1 Å². The number of carbonyl (C=O) groups is 3. The number of carboxylic acids is 1. The van der Waals surface area contributed by atoms with Crippen molar-refractivity contribution in [2.24, 2.45) is 10.5 Å². The summed E-state index contributed by atoms with van der Waals surface area (Å²) >= 11 is 0. The van der Waals surface area contributed by atoms with E-state index in [2.05, 4.69) is 15.6 Å². The molecule has 2 aromatic rings. The molecular formula is C29H34N5O4+. The zero-order valence-corrected chi connectivity index (χ0v) is 22.3. The number of nitrogens with zero attached hydrogens (tertiary/aromatic N) is 3. The lowest BCUT2D eigenvalue weighted by Crippen LogP contribution is -2.60. The van der Waals surface area contributed by atoms with Gasteiger partial charge in [-0.2, -0.15) is 0 Å². The molecule has 1 atom stereocenters. The van der Waals surface area contributed by atoms with Crippen molar-refractivity contribution in [2.75, 3.05) is 25.5 Å². The van der Waals surface area contributed by atoms with E-state index in [-0.39, 0.29) is 22.7 Å². The molecule has 1 saturated heterocycles. The molecule has 1 unspecified atom stereocenters. The number of aromatic carboxylic acids is 1. The van der Waals surface area contributed by atoms with Crippen molar-refractivity contribution >= 4 is 29.7 Å². The molecule has 0 radical (unpaired) electrons. The molecule has 9 heteroatoms. The van der Waals surface area contributed by atoms with Gasteiger partial charge in [-0.3, -0.25) is 4.79 Å². The van der Waals surface area contributed by atoms with Crippen LogP contribution in [-0.2, 0) is 4.79 Å². The lowest BCUT2D eigenvalue weighted by molar-refractivity contribution is -0.860. The van der Waals surface area contributed by atoms with Gasteiger partial charge < -0.3 is 15.7 Å². The van der Waals surface area contributed by atoms with E-state index >= 15 is 0 Å². The Morgan fingerprint density at radius 3 is 2.34 bits per heavy atom. The molecule has 1 aromatic heterocycles. The van der Waals surface area contributed by atoms with Crippen molar-refractivity contribution in [2.45, 2.75) is 52.0 Å². The number of hydrogen-bond donors (Lipinski definition) is 3.